The van der Waals surface area contributed by atoms with Crippen molar-refractivity contribution in [3.8, 4) is 0 Å². The molecule has 1 spiro atoms. The fourth-order valence-corrected chi connectivity index (χ4v) is 9.66. The summed E-state index contributed by atoms with van der Waals surface area (Å²) in [4.78, 5) is 23.2. The zero-order chi connectivity index (χ0) is 20.9. The van der Waals surface area contributed by atoms with E-state index < -0.39 is 51.7 Å². The number of esters is 2. The second-order valence-corrected chi connectivity index (χ2v) is 12.6. The van der Waals surface area contributed by atoms with Gasteiger partial charge in [0.1, 0.15) is 23.7 Å². The highest BCUT2D eigenvalue weighted by Gasteiger charge is 2.69. The van der Waals surface area contributed by atoms with Crippen molar-refractivity contribution < 1.29 is 50.7 Å². The van der Waals surface area contributed by atoms with Crippen molar-refractivity contribution in [2.24, 2.45) is 11.8 Å². The molecule has 5 rings (SSSR count). The van der Waals surface area contributed by atoms with Crippen LogP contribution in [0, 0.1) is 11.8 Å². The van der Waals surface area contributed by atoms with Crippen LogP contribution in [-0.4, -0.2) is 74.5 Å². The summed E-state index contributed by atoms with van der Waals surface area (Å²) < 4.78 is 72.4. The smallest absolute Gasteiger partial charge is 0.457 e. The fourth-order valence-electron chi connectivity index (χ4n) is 4.99. The van der Waals surface area contributed by atoms with Gasteiger partial charge in [0, 0.05) is 0 Å². The van der Waals surface area contributed by atoms with Crippen LogP contribution in [0.4, 0.5) is 8.78 Å². The molecule has 29 heavy (non-hydrogen) atoms. The van der Waals surface area contributed by atoms with Gasteiger partial charge in [-0.1, -0.05) is 0 Å². The monoisotopic (exact) mass is 474 g/mol. The van der Waals surface area contributed by atoms with Gasteiger partial charge < -0.3 is 19.3 Å². The molecule has 3 saturated heterocycles. The van der Waals surface area contributed by atoms with Crippen LogP contribution in [0.2, 0.25) is 0 Å². The Bertz CT molecular complexity index is 882. The Hall–Kier alpha value is -0.670. The van der Waals surface area contributed by atoms with Crippen molar-refractivity contribution in [3.05, 3.63) is 0 Å². The number of fused-ring (bicyclic) bond motifs is 6. The maximum atomic E-state index is 13.5. The number of hydrogen-bond donors (Lipinski definition) is 2. The van der Waals surface area contributed by atoms with Crippen LogP contribution in [0.5, 0.6) is 0 Å². The van der Waals surface area contributed by atoms with E-state index in [1.807, 2.05) is 0 Å². The first kappa shape index (κ1) is 20.2. The third kappa shape index (κ3) is 2.79. The summed E-state index contributed by atoms with van der Waals surface area (Å²) in [7, 11) is -5.90. The standard InChI is InChI=1S/C15H16F2O9S3/c16-15(17,29(21,22)23)13(20)24-6-2-5-1-4(6)3-14(5)27-10-9-8(26-12(10)28-14)7(18)11(19)25-9/h4-10,12,18H,1-3H2,(H,21,22,23). The summed E-state index contributed by atoms with van der Waals surface area (Å²) in [6.45, 7) is 0. The lowest BCUT2D eigenvalue weighted by atomic mass is 9.96. The van der Waals surface area contributed by atoms with Gasteiger partial charge in [0.2, 0.25) is 0 Å². The van der Waals surface area contributed by atoms with Crippen molar-refractivity contribution in [1.29, 1.82) is 0 Å². The summed E-state index contributed by atoms with van der Waals surface area (Å²) in [5.74, 6) is -3.19. The summed E-state index contributed by atoms with van der Waals surface area (Å²) in [5.41, 5.74) is -0.276. The molecular weight excluding hydrogens is 458 g/mol. The number of carbonyl (C=O) groups excluding carboxylic acids is 2. The molecule has 2 saturated carbocycles. The Morgan fingerprint density at radius 3 is 2.62 bits per heavy atom. The summed E-state index contributed by atoms with van der Waals surface area (Å²) in [5, 5.41) is 4.68. The van der Waals surface area contributed by atoms with Crippen LogP contribution in [-0.2, 0) is 33.9 Å². The highest BCUT2D eigenvalue weighted by molar-refractivity contribution is 8.22. The number of thioether (sulfide) groups is 2. The van der Waals surface area contributed by atoms with Gasteiger partial charge in [-0.05, 0) is 31.1 Å². The second kappa shape index (κ2) is 6.19. The molecule has 3 aliphatic heterocycles. The third-order valence-electron chi connectivity index (χ3n) is 6.28. The number of ether oxygens (including phenoxy) is 3. The zero-order valence-electron chi connectivity index (χ0n) is 14.5. The number of carbonyl (C=O) groups is 2. The summed E-state index contributed by atoms with van der Waals surface area (Å²) >= 11 is 3.15. The van der Waals surface area contributed by atoms with Crippen molar-refractivity contribution in [3.63, 3.8) is 0 Å². The number of rotatable bonds is 3. The molecule has 0 amide bonds. The van der Waals surface area contributed by atoms with E-state index in [4.69, 9.17) is 18.8 Å². The first-order chi connectivity index (χ1) is 13.4. The quantitative estimate of drug-likeness (QED) is 0.433. The van der Waals surface area contributed by atoms with Crippen molar-refractivity contribution in [2.45, 2.75) is 63.7 Å². The topological polar surface area (TPSA) is 136 Å². The number of alkyl halides is 2. The predicted molar refractivity (Wildman–Crippen MR) is 93.5 cm³/mol. The molecule has 0 aromatic carbocycles. The minimum absolute atomic E-state index is 0.00864. The minimum atomic E-state index is -5.90. The van der Waals surface area contributed by atoms with Gasteiger partial charge >= 0.3 is 27.3 Å². The molecule has 0 radical (unpaired) electrons. The van der Waals surface area contributed by atoms with Gasteiger partial charge in [-0.25, -0.2) is 9.59 Å². The van der Waals surface area contributed by atoms with Gasteiger partial charge in [-0.3, -0.25) is 4.55 Å². The molecule has 5 fully saturated rings. The zero-order valence-corrected chi connectivity index (χ0v) is 16.9. The first-order valence-corrected chi connectivity index (χ1v) is 12.1. The Labute approximate surface area is 171 Å². The van der Waals surface area contributed by atoms with Crippen LogP contribution in [0.3, 0.4) is 0 Å². The molecule has 9 atom stereocenters. The largest absolute Gasteiger partial charge is 0.465 e. The van der Waals surface area contributed by atoms with Crippen LogP contribution < -0.4 is 0 Å². The van der Waals surface area contributed by atoms with E-state index in [1.54, 1.807) is 23.5 Å². The van der Waals surface area contributed by atoms with Crippen LogP contribution in [0.15, 0.2) is 0 Å². The highest BCUT2D eigenvalue weighted by atomic mass is 32.2. The molecular formula is C15H16F2O9S3. The van der Waals surface area contributed by atoms with E-state index in [1.165, 1.54) is 0 Å². The lowest BCUT2D eigenvalue weighted by molar-refractivity contribution is -0.169. The van der Waals surface area contributed by atoms with E-state index in [0.29, 0.717) is 12.8 Å². The minimum Gasteiger partial charge on any atom is -0.457 e. The molecule has 0 aromatic rings. The summed E-state index contributed by atoms with van der Waals surface area (Å²) in [6, 6.07) is 0. The maximum Gasteiger partial charge on any atom is 0.465 e. The van der Waals surface area contributed by atoms with E-state index in [0.717, 1.165) is 0 Å². The Morgan fingerprint density at radius 2 is 2.00 bits per heavy atom. The van der Waals surface area contributed by atoms with Crippen molar-refractivity contribution >= 4 is 45.6 Å². The van der Waals surface area contributed by atoms with Gasteiger partial charge in [0.25, 0.3) is 0 Å². The van der Waals surface area contributed by atoms with Crippen molar-refractivity contribution in [1.82, 2.24) is 0 Å². The fraction of sp³-hybridized carbons (Fsp3) is 0.867. The third-order valence-corrected chi connectivity index (χ3v) is 11.1. The van der Waals surface area contributed by atoms with Gasteiger partial charge in [0.05, 0.1) is 9.33 Å². The molecule has 9 unspecified atom stereocenters. The van der Waals surface area contributed by atoms with Gasteiger partial charge in [-0.2, -0.15) is 17.2 Å². The first-order valence-electron chi connectivity index (χ1n) is 8.88. The molecule has 2 aliphatic carbocycles. The number of aliphatic hydroxyl groups excluding tert-OH is 1. The molecule has 2 N–H and O–H groups in total. The van der Waals surface area contributed by atoms with Gasteiger partial charge in [0.15, 0.2) is 6.10 Å². The average molecular weight is 474 g/mol. The predicted octanol–water partition coefficient (Wildman–Crippen LogP) is 0.365. The van der Waals surface area contributed by atoms with Crippen LogP contribution in [0.25, 0.3) is 0 Å². The maximum absolute atomic E-state index is 13.5. The normalized spacial score (nSPS) is 48.1. The average Bonchev–Trinajstić information content (AvgIpc) is 3.37. The molecule has 0 aromatic heterocycles. The molecule has 162 valence electrons. The van der Waals surface area contributed by atoms with E-state index in [-0.39, 0.29) is 33.0 Å². The molecule has 9 nitrogen and oxygen atoms in total. The highest BCUT2D eigenvalue weighted by Crippen LogP contribution is 2.71. The molecule has 14 heteroatoms. The Balaban J connectivity index is 1.25. The Kier molecular flexibility index (Phi) is 4.32. The van der Waals surface area contributed by atoms with E-state index >= 15 is 0 Å². The van der Waals surface area contributed by atoms with Gasteiger partial charge in [-0.15, -0.1) is 23.5 Å². The summed E-state index contributed by atoms with van der Waals surface area (Å²) in [6.07, 6.45) is -1.94. The van der Waals surface area contributed by atoms with E-state index in [9.17, 15) is 31.9 Å². The molecule has 2 bridgehead atoms. The lowest BCUT2D eigenvalue weighted by Gasteiger charge is -2.36. The van der Waals surface area contributed by atoms with Crippen molar-refractivity contribution in [2.75, 3.05) is 0 Å². The lowest BCUT2D eigenvalue weighted by Crippen LogP contribution is -2.43. The van der Waals surface area contributed by atoms with Crippen LogP contribution in [0.1, 0.15) is 19.3 Å². The number of aliphatic hydroxyl groups is 1. The molecule has 3 heterocycles. The molecule has 5 aliphatic rings. The van der Waals surface area contributed by atoms with E-state index in [2.05, 4.69) is 0 Å². The Morgan fingerprint density at radius 1 is 1.28 bits per heavy atom. The number of hydrogen-bond acceptors (Lipinski definition) is 10. The second-order valence-electron chi connectivity index (χ2n) is 7.90. The number of halogens is 2. The SMILES string of the molecule is O=C1OC2C(OC3SC4(CC5CC4CC5OC(=O)C(F)(F)S(=O)(=O)O)SC32)C1O. The van der Waals surface area contributed by atoms with Crippen LogP contribution >= 0.6 is 23.5 Å².